The number of halogens is 1. The van der Waals surface area contributed by atoms with Crippen LogP contribution in [0.25, 0.3) is 0 Å². The minimum Gasteiger partial charge on any atom is -0.365 e. The summed E-state index contributed by atoms with van der Waals surface area (Å²) in [7, 11) is 1.67. The quantitative estimate of drug-likeness (QED) is 0.563. The number of nitrogens with one attached hydrogen (secondary N) is 2. The molecule has 154 valence electrons. The van der Waals surface area contributed by atoms with Gasteiger partial charge in [-0.3, -0.25) is 19.3 Å². The molecule has 29 heavy (non-hydrogen) atoms. The van der Waals surface area contributed by atoms with Crippen molar-refractivity contribution < 1.29 is 14.4 Å². The monoisotopic (exact) mass is 479 g/mol. The van der Waals surface area contributed by atoms with Crippen LogP contribution < -0.4 is 16.4 Å². The van der Waals surface area contributed by atoms with Crippen LogP contribution in [-0.4, -0.2) is 47.7 Å². The van der Waals surface area contributed by atoms with Gasteiger partial charge in [0.15, 0.2) is 0 Å². The number of amides is 3. The lowest BCUT2D eigenvalue weighted by molar-refractivity contribution is -0.119. The number of thiophene rings is 1. The standard InChI is InChI=1S/C19H22BrN5O3S/c1-25(9-15(26)23-14-7-6-11(20)8-22-14)10-16(27)24-19-17(18(21)28)12-4-2-3-5-13(12)29-19/h6-8H,2-5,9-10H2,1H3,(H2,21,28)(H,24,27)(H,22,23,26). The molecule has 3 rings (SSSR count). The lowest BCUT2D eigenvalue weighted by atomic mass is 9.95. The molecule has 0 aliphatic heterocycles. The van der Waals surface area contributed by atoms with E-state index in [1.165, 1.54) is 11.3 Å². The minimum absolute atomic E-state index is 0.00194. The topological polar surface area (TPSA) is 117 Å². The van der Waals surface area contributed by atoms with Crippen LogP contribution in [0.4, 0.5) is 10.8 Å². The maximum atomic E-state index is 12.4. The Kier molecular flexibility index (Phi) is 6.99. The van der Waals surface area contributed by atoms with E-state index in [-0.39, 0.29) is 24.9 Å². The predicted molar refractivity (Wildman–Crippen MR) is 116 cm³/mol. The molecule has 0 fully saturated rings. The summed E-state index contributed by atoms with van der Waals surface area (Å²) in [6.07, 6.45) is 5.39. The van der Waals surface area contributed by atoms with Crippen molar-refractivity contribution >= 4 is 55.8 Å². The van der Waals surface area contributed by atoms with Gasteiger partial charge in [0.2, 0.25) is 11.8 Å². The first-order valence-electron chi connectivity index (χ1n) is 9.17. The maximum absolute atomic E-state index is 12.4. The van der Waals surface area contributed by atoms with Crippen LogP contribution in [0, 0.1) is 0 Å². The molecule has 3 amide bonds. The number of carbonyl (C=O) groups is 3. The van der Waals surface area contributed by atoms with Gasteiger partial charge in [-0.1, -0.05) is 0 Å². The van der Waals surface area contributed by atoms with Crippen LogP contribution in [0.2, 0.25) is 0 Å². The summed E-state index contributed by atoms with van der Waals surface area (Å²) in [6.45, 7) is 0.0245. The summed E-state index contributed by atoms with van der Waals surface area (Å²) in [5, 5.41) is 5.98. The van der Waals surface area contributed by atoms with Gasteiger partial charge in [0.1, 0.15) is 10.8 Å². The number of primary amides is 1. The fraction of sp³-hybridized carbons (Fsp3) is 0.368. The second-order valence-corrected chi connectivity index (χ2v) is 8.93. The van der Waals surface area contributed by atoms with E-state index in [1.54, 1.807) is 30.3 Å². The van der Waals surface area contributed by atoms with Gasteiger partial charge in [0, 0.05) is 15.5 Å². The summed E-state index contributed by atoms with van der Waals surface area (Å²) in [5.74, 6) is -0.663. The molecule has 0 radical (unpaired) electrons. The Hall–Kier alpha value is -2.30. The Labute approximate surface area is 181 Å². The lowest BCUT2D eigenvalue weighted by Gasteiger charge is -2.16. The van der Waals surface area contributed by atoms with E-state index >= 15 is 0 Å². The molecule has 0 saturated carbocycles. The first-order chi connectivity index (χ1) is 13.8. The summed E-state index contributed by atoms with van der Waals surface area (Å²) in [5.41, 5.74) is 6.95. The molecule has 2 aromatic heterocycles. The van der Waals surface area contributed by atoms with Crippen LogP contribution >= 0.6 is 27.3 Å². The normalized spacial score (nSPS) is 13.1. The molecule has 10 heteroatoms. The van der Waals surface area contributed by atoms with Crippen LogP contribution in [-0.2, 0) is 22.4 Å². The first-order valence-corrected chi connectivity index (χ1v) is 10.8. The van der Waals surface area contributed by atoms with E-state index in [4.69, 9.17) is 5.73 Å². The third-order valence-electron chi connectivity index (χ3n) is 4.49. The smallest absolute Gasteiger partial charge is 0.251 e. The number of nitrogens with zero attached hydrogens (tertiary/aromatic N) is 2. The largest absolute Gasteiger partial charge is 0.365 e. The molecular weight excluding hydrogens is 458 g/mol. The first kappa shape index (κ1) is 21.4. The van der Waals surface area contributed by atoms with Gasteiger partial charge in [-0.25, -0.2) is 4.98 Å². The fourth-order valence-corrected chi connectivity index (χ4v) is 4.80. The number of rotatable bonds is 7. The number of hydrogen-bond donors (Lipinski definition) is 3. The fourth-order valence-electron chi connectivity index (χ4n) is 3.26. The number of carbonyl (C=O) groups excluding carboxylic acids is 3. The van der Waals surface area contributed by atoms with Gasteiger partial charge in [-0.15, -0.1) is 11.3 Å². The van der Waals surface area contributed by atoms with E-state index in [0.29, 0.717) is 16.4 Å². The molecule has 2 aromatic rings. The number of nitrogens with two attached hydrogens (primary N) is 1. The average Bonchev–Trinajstić information content (AvgIpc) is 3.01. The molecule has 8 nitrogen and oxygen atoms in total. The van der Waals surface area contributed by atoms with Gasteiger partial charge >= 0.3 is 0 Å². The van der Waals surface area contributed by atoms with Gasteiger partial charge in [-0.2, -0.15) is 0 Å². The van der Waals surface area contributed by atoms with Crippen molar-refractivity contribution in [3.8, 4) is 0 Å². The number of likely N-dealkylation sites (N-methyl/N-ethyl adjacent to an activating group) is 1. The van der Waals surface area contributed by atoms with Crippen LogP contribution in [0.3, 0.4) is 0 Å². The van der Waals surface area contributed by atoms with E-state index in [1.807, 2.05) is 0 Å². The minimum atomic E-state index is -0.519. The molecule has 0 unspecified atom stereocenters. The van der Waals surface area contributed by atoms with Crippen molar-refractivity contribution in [1.29, 1.82) is 0 Å². The van der Waals surface area contributed by atoms with Crippen molar-refractivity contribution in [2.24, 2.45) is 5.73 Å². The van der Waals surface area contributed by atoms with Gasteiger partial charge in [0.05, 0.1) is 18.7 Å². The molecule has 2 heterocycles. The van der Waals surface area contributed by atoms with Crippen molar-refractivity contribution in [2.75, 3.05) is 30.8 Å². The Balaban J connectivity index is 1.56. The van der Waals surface area contributed by atoms with E-state index < -0.39 is 5.91 Å². The number of fused-ring (bicyclic) bond motifs is 1. The Morgan fingerprint density at radius 3 is 2.52 bits per heavy atom. The highest BCUT2D eigenvalue weighted by Crippen LogP contribution is 2.37. The summed E-state index contributed by atoms with van der Waals surface area (Å²) in [4.78, 5) is 43.3. The molecule has 0 atom stereocenters. The number of hydrogen-bond acceptors (Lipinski definition) is 6. The Morgan fingerprint density at radius 1 is 1.17 bits per heavy atom. The van der Waals surface area contributed by atoms with Gasteiger partial charge in [-0.05, 0) is 66.4 Å². The number of anilines is 2. The third kappa shape index (κ3) is 5.62. The Bertz CT molecular complexity index is 929. The van der Waals surface area contributed by atoms with Crippen molar-refractivity contribution in [1.82, 2.24) is 9.88 Å². The van der Waals surface area contributed by atoms with E-state index in [9.17, 15) is 14.4 Å². The van der Waals surface area contributed by atoms with Gasteiger partial charge in [0.25, 0.3) is 5.91 Å². The number of aryl methyl sites for hydroxylation is 1. The van der Waals surface area contributed by atoms with Crippen LogP contribution in [0.5, 0.6) is 0 Å². The summed E-state index contributed by atoms with van der Waals surface area (Å²) < 4.78 is 0.815. The predicted octanol–water partition coefficient (Wildman–Crippen LogP) is 2.39. The zero-order valence-corrected chi connectivity index (χ0v) is 18.4. The molecule has 4 N–H and O–H groups in total. The molecule has 0 aromatic carbocycles. The lowest BCUT2D eigenvalue weighted by Crippen LogP contribution is -2.36. The SMILES string of the molecule is CN(CC(=O)Nc1ccc(Br)cn1)CC(=O)Nc1sc2c(c1C(N)=O)CCCC2. The molecular formula is C19H22BrN5O3S. The third-order valence-corrected chi connectivity index (χ3v) is 6.17. The zero-order chi connectivity index (χ0) is 21.0. The van der Waals surface area contributed by atoms with Crippen molar-refractivity contribution in [3.05, 3.63) is 38.8 Å². The highest BCUT2D eigenvalue weighted by atomic mass is 79.9. The highest BCUT2D eigenvalue weighted by Gasteiger charge is 2.25. The molecule has 0 saturated heterocycles. The molecule has 1 aliphatic carbocycles. The Morgan fingerprint density at radius 2 is 1.86 bits per heavy atom. The van der Waals surface area contributed by atoms with Crippen molar-refractivity contribution in [3.63, 3.8) is 0 Å². The highest BCUT2D eigenvalue weighted by molar-refractivity contribution is 9.10. The zero-order valence-electron chi connectivity index (χ0n) is 16.0. The van der Waals surface area contributed by atoms with Crippen molar-refractivity contribution in [2.45, 2.75) is 25.7 Å². The van der Waals surface area contributed by atoms with E-state index in [2.05, 4.69) is 31.5 Å². The molecule has 1 aliphatic rings. The number of pyridine rings is 1. The average molecular weight is 480 g/mol. The summed E-state index contributed by atoms with van der Waals surface area (Å²) in [6, 6.07) is 3.45. The summed E-state index contributed by atoms with van der Waals surface area (Å²) >= 11 is 4.70. The van der Waals surface area contributed by atoms with Crippen LogP contribution in [0.15, 0.2) is 22.8 Å². The number of aromatic nitrogens is 1. The molecule has 0 bridgehead atoms. The van der Waals surface area contributed by atoms with Crippen LogP contribution in [0.1, 0.15) is 33.6 Å². The molecule has 0 spiro atoms. The maximum Gasteiger partial charge on any atom is 0.251 e. The van der Waals surface area contributed by atoms with E-state index in [0.717, 1.165) is 40.6 Å². The second kappa shape index (κ2) is 9.47. The second-order valence-electron chi connectivity index (χ2n) is 6.91. The van der Waals surface area contributed by atoms with Gasteiger partial charge < -0.3 is 16.4 Å².